The Morgan fingerprint density at radius 2 is 1.97 bits per heavy atom. The monoisotopic (exact) mass is 451 g/mol. The molecule has 0 radical (unpaired) electrons. The fourth-order valence-corrected chi connectivity index (χ4v) is 5.22. The molecule has 3 aromatic rings. The highest BCUT2D eigenvalue weighted by Crippen LogP contribution is 2.44. The van der Waals surface area contributed by atoms with Crippen LogP contribution in [-0.4, -0.2) is 46.1 Å². The molecule has 3 heterocycles. The summed E-state index contributed by atoms with van der Waals surface area (Å²) >= 11 is 1.72. The van der Waals surface area contributed by atoms with Gasteiger partial charge in [-0.05, 0) is 64.5 Å². The zero-order chi connectivity index (χ0) is 22.1. The highest BCUT2D eigenvalue weighted by Gasteiger charge is 2.29. The number of aryl methyl sites for hydroxylation is 1. The van der Waals surface area contributed by atoms with Gasteiger partial charge in [0, 0.05) is 31.2 Å². The summed E-state index contributed by atoms with van der Waals surface area (Å²) in [6.07, 6.45) is 9.13. The zero-order valence-corrected chi connectivity index (χ0v) is 20.1. The van der Waals surface area contributed by atoms with Crippen molar-refractivity contribution in [2.24, 2.45) is 5.92 Å². The molecule has 0 bridgehead atoms. The maximum atomic E-state index is 5.06. The van der Waals surface area contributed by atoms with Crippen molar-refractivity contribution < 1.29 is 0 Å². The van der Waals surface area contributed by atoms with Gasteiger partial charge in [0.15, 0.2) is 0 Å². The number of hydrogen-bond acceptors (Lipinski definition) is 8. The highest BCUT2D eigenvalue weighted by atomic mass is 32.1. The van der Waals surface area contributed by atoms with Gasteiger partial charge in [0.2, 0.25) is 5.95 Å². The van der Waals surface area contributed by atoms with Gasteiger partial charge in [-0.1, -0.05) is 6.92 Å². The molecule has 0 unspecified atom stereocenters. The third kappa shape index (κ3) is 4.71. The number of hydrogen-bond donors (Lipinski definition) is 3. The molecule has 5 rings (SSSR count). The van der Waals surface area contributed by atoms with Gasteiger partial charge >= 0.3 is 0 Å². The normalized spacial score (nSPS) is 17.0. The summed E-state index contributed by atoms with van der Waals surface area (Å²) in [7, 11) is 2.03. The lowest BCUT2D eigenvalue weighted by Gasteiger charge is -2.17. The molecule has 0 spiro atoms. The van der Waals surface area contributed by atoms with Gasteiger partial charge in [-0.15, -0.1) is 11.3 Å². The molecule has 2 fully saturated rings. The molecule has 3 aromatic heterocycles. The summed E-state index contributed by atoms with van der Waals surface area (Å²) in [5.41, 5.74) is 4.18. The van der Waals surface area contributed by atoms with Crippen molar-refractivity contribution in [3.8, 4) is 10.6 Å². The van der Waals surface area contributed by atoms with Crippen molar-refractivity contribution >= 4 is 33.3 Å². The van der Waals surface area contributed by atoms with E-state index < -0.39 is 0 Å². The quantitative estimate of drug-likeness (QED) is 0.380. The third-order valence-corrected chi connectivity index (χ3v) is 7.57. The molecule has 0 saturated heterocycles. The smallest absolute Gasteiger partial charge is 0.224 e. The molecule has 2 aliphatic rings. The van der Waals surface area contributed by atoms with E-state index >= 15 is 0 Å². The van der Waals surface area contributed by atoms with Gasteiger partial charge in [0.25, 0.3) is 0 Å². The van der Waals surface area contributed by atoms with Gasteiger partial charge in [0.1, 0.15) is 16.3 Å². The number of pyridine rings is 1. The highest BCUT2D eigenvalue weighted by molar-refractivity contribution is 7.21. The Hall–Kier alpha value is -2.32. The molecule has 2 saturated carbocycles. The lowest BCUT2D eigenvalue weighted by atomic mass is 10.1. The van der Waals surface area contributed by atoms with Gasteiger partial charge in [-0.25, -0.2) is 9.97 Å². The second kappa shape index (κ2) is 9.27. The van der Waals surface area contributed by atoms with Crippen LogP contribution >= 0.6 is 11.3 Å². The van der Waals surface area contributed by atoms with Gasteiger partial charge in [-0.2, -0.15) is 4.98 Å². The minimum atomic E-state index is 0.496. The van der Waals surface area contributed by atoms with Crippen molar-refractivity contribution in [1.82, 2.24) is 25.3 Å². The molecule has 2 aliphatic carbocycles. The van der Waals surface area contributed by atoms with Crippen LogP contribution in [0.15, 0.2) is 12.3 Å². The van der Waals surface area contributed by atoms with E-state index in [1.54, 1.807) is 11.3 Å². The zero-order valence-electron chi connectivity index (χ0n) is 19.2. The van der Waals surface area contributed by atoms with Crippen molar-refractivity contribution in [2.75, 3.05) is 30.8 Å². The second-order valence-electron chi connectivity index (χ2n) is 9.13. The maximum Gasteiger partial charge on any atom is 0.224 e. The summed E-state index contributed by atoms with van der Waals surface area (Å²) in [5.74, 6) is 2.93. The van der Waals surface area contributed by atoms with E-state index in [-0.39, 0.29) is 0 Å². The standard InChI is InChI=1S/C24H33N7S/c1-4-17(25-3)9-11-27-22-19(14(2)29-24(31-22)28-13-15-5-6-15)23-30-21-18(32-23)10-12-26-20(21)16-7-8-16/h10,12,15-17,25H,4-9,11,13H2,1-3H3,(H2,27,28,29,31)/t17-/m0/s1. The predicted molar refractivity (Wildman–Crippen MR) is 133 cm³/mol. The average Bonchev–Trinajstić information content (AvgIpc) is 3.72. The first-order chi connectivity index (χ1) is 15.7. The first kappa shape index (κ1) is 21.5. The molecule has 32 heavy (non-hydrogen) atoms. The van der Waals surface area contributed by atoms with E-state index in [4.69, 9.17) is 15.0 Å². The third-order valence-electron chi connectivity index (χ3n) is 6.54. The molecular formula is C24H33N7S. The van der Waals surface area contributed by atoms with Crippen LogP contribution in [0.3, 0.4) is 0 Å². The number of nitrogens with zero attached hydrogens (tertiary/aromatic N) is 4. The molecule has 3 N–H and O–H groups in total. The number of anilines is 2. The van der Waals surface area contributed by atoms with E-state index in [0.29, 0.717) is 17.9 Å². The van der Waals surface area contributed by atoms with Crippen LogP contribution in [-0.2, 0) is 0 Å². The maximum absolute atomic E-state index is 5.06. The van der Waals surface area contributed by atoms with Crippen LogP contribution in [0.4, 0.5) is 11.8 Å². The fourth-order valence-electron chi connectivity index (χ4n) is 4.15. The number of aromatic nitrogens is 4. The number of fused-ring (bicyclic) bond motifs is 1. The summed E-state index contributed by atoms with van der Waals surface area (Å²) in [5, 5.41) is 11.4. The lowest BCUT2D eigenvalue weighted by Crippen LogP contribution is -2.27. The minimum Gasteiger partial charge on any atom is -0.369 e. The summed E-state index contributed by atoms with van der Waals surface area (Å²) in [4.78, 5) is 19.4. The van der Waals surface area contributed by atoms with Gasteiger partial charge in [0.05, 0.1) is 21.7 Å². The molecule has 0 amide bonds. The van der Waals surface area contributed by atoms with Crippen LogP contribution in [0.1, 0.15) is 62.8 Å². The Bertz CT molecular complexity index is 1080. The molecule has 1 atom stereocenters. The lowest BCUT2D eigenvalue weighted by molar-refractivity contribution is 0.521. The topological polar surface area (TPSA) is 87.7 Å². The van der Waals surface area contributed by atoms with Gasteiger partial charge < -0.3 is 16.0 Å². The van der Waals surface area contributed by atoms with E-state index in [2.05, 4.69) is 40.8 Å². The van der Waals surface area contributed by atoms with Crippen LogP contribution in [0.5, 0.6) is 0 Å². The Kier molecular flexibility index (Phi) is 6.24. The Labute approximate surface area is 193 Å². The van der Waals surface area contributed by atoms with E-state index in [1.165, 1.54) is 30.4 Å². The van der Waals surface area contributed by atoms with E-state index in [9.17, 15) is 0 Å². The van der Waals surface area contributed by atoms with Crippen LogP contribution in [0.2, 0.25) is 0 Å². The fraction of sp³-hybridized carbons (Fsp3) is 0.583. The van der Waals surface area contributed by atoms with Crippen molar-refractivity contribution in [1.29, 1.82) is 0 Å². The number of rotatable bonds is 11. The van der Waals surface area contributed by atoms with E-state index in [0.717, 1.165) is 65.1 Å². The minimum absolute atomic E-state index is 0.496. The summed E-state index contributed by atoms with van der Waals surface area (Å²) in [6, 6.07) is 2.58. The Morgan fingerprint density at radius 3 is 2.69 bits per heavy atom. The second-order valence-corrected chi connectivity index (χ2v) is 10.2. The van der Waals surface area contributed by atoms with Gasteiger partial charge in [-0.3, -0.25) is 4.98 Å². The van der Waals surface area contributed by atoms with Crippen LogP contribution in [0.25, 0.3) is 20.8 Å². The molecule has 170 valence electrons. The summed E-state index contributed by atoms with van der Waals surface area (Å²) in [6.45, 7) is 6.09. The molecule has 8 heteroatoms. The van der Waals surface area contributed by atoms with Crippen LogP contribution < -0.4 is 16.0 Å². The van der Waals surface area contributed by atoms with Crippen molar-refractivity contribution in [3.05, 3.63) is 23.7 Å². The Balaban J connectivity index is 1.47. The Morgan fingerprint density at radius 1 is 1.12 bits per heavy atom. The first-order valence-corrected chi connectivity index (χ1v) is 12.8. The summed E-state index contributed by atoms with van der Waals surface area (Å²) < 4.78 is 1.19. The van der Waals surface area contributed by atoms with E-state index in [1.807, 2.05) is 13.2 Å². The van der Waals surface area contributed by atoms with Crippen LogP contribution in [0, 0.1) is 12.8 Å². The van der Waals surface area contributed by atoms with Crippen molar-refractivity contribution in [2.45, 2.75) is 64.3 Å². The number of thiazole rings is 1. The largest absolute Gasteiger partial charge is 0.369 e. The first-order valence-electron chi connectivity index (χ1n) is 12.0. The molecule has 7 nitrogen and oxygen atoms in total. The predicted octanol–water partition coefficient (Wildman–Crippen LogP) is 4.96. The van der Waals surface area contributed by atoms with Crippen molar-refractivity contribution in [3.63, 3.8) is 0 Å². The molecule has 0 aliphatic heterocycles. The molecule has 0 aromatic carbocycles. The SMILES string of the molecule is CC[C@@H](CCNc1nc(NCC2CC2)nc(C)c1-c1nc2c(C3CC3)nccc2s1)NC. The molecular weight excluding hydrogens is 418 g/mol. The number of nitrogens with one attached hydrogen (secondary N) is 3. The average molecular weight is 452 g/mol.